The van der Waals surface area contributed by atoms with E-state index < -0.39 is 36.4 Å². The third kappa shape index (κ3) is 4.24. The first-order valence-electron chi connectivity index (χ1n) is 9.64. The van der Waals surface area contributed by atoms with E-state index in [0.29, 0.717) is 24.1 Å². The van der Waals surface area contributed by atoms with E-state index in [1.165, 1.54) is 20.0 Å². The van der Waals surface area contributed by atoms with E-state index in [1.807, 2.05) is 12.2 Å². The van der Waals surface area contributed by atoms with Gasteiger partial charge >= 0.3 is 5.97 Å². The standard InChI is InChI=1S/C21H23N3O6/c1-12(24-19(27)15-8-3-4-9-16(15)20(24)28)21(29)30-11-17(25)23-14-7-5-6-13(10-14)18(26)22-2/h3-7,10,12,15-16H,8-9,11H2,1-2H3,(H,22,26)(H,23,25)/t12-,15+,16+/m0/s1. The molecule has 4 amide bonds. The molecule has 0 saturated carbocycles. The molecule has 1 aromatic rings. The molecule has 2 aliphatic rings. The summed E-state index contributed by atoms with van der Waals surface area (Å²) < 4.78 is 5.01. The van der Waals surface area contributed by atoms with Crippen LogP contribution in [0.25, 0.3) is 0 Å². The van der Waals surface area contributed by atoms with Gasteiger partial charge in [0.25, 0.3) is 11.8 Å². The van der Waals surface area contributed by atoms with Gasteiger partial charge in [-0.2, -0.15) is 0 Å². The fraction of sp³-hybridized carbons (Fsp3) is 0.381. The predicted octanol–water partition coefficient (Wildman–Crippen LogP) is 0.868. The minimum atomic E-state index is -1.11. The Labute approximate surface area is 173 Å². The molecule has 0 bridgehead atoms. The van der Waals surface area contributed by atoms with Crippen LogP contribution < -0.4 is 10.6 Å². The number of allylic oxidation sites excluding steroid dienone is 2. The third-order valence-electron chi connectivity index (χ3n) is 5.25. The second kappa shape index (κ2) is 8.89. The number of anilines is 1. The van der Waals surface area contributed by atoms with Crippen LogP contribution in [-0.2, 0) is 23.9 Å². The van der Waals surface area contributed by atoms with E-state index >= 15 is 0 Å². The molecule has 0 spiro atoms. The van der Waals surface area contributed by atoms with Crippen LogP contribution in [-0.4, -0.2) is 54.2 Å². The molecule has 0 aromatic heterocycles. The van der Waals surface area contributed by atoms with Gasteiger partial charge in [-0.15, -0.1) is 0 Å². The van der Waals surface area contributed by atoms with Crippen molar-refractivity contribution in [3.05, 3.63) is 42.0 Å². The first-order chi connectivity index (χ1) is 14.3. The number of rotatable bonds is 6. The van der Waals surface area contributed by atoms with Crippen molar-refractivity contribution in [2.75, 3.05) is 19.0 Å². The van der Waals surface area contributed by atoms with Crippen LogP contribution >= 0.6 is 0 Å². The normalized spacial score (nSPS) is 21.1. The molecule has 0 radical (unpaired) electrons. The lowest BCUT2D eigenvalue weighted by Gasteiger charge is -2.21. The molecule has 3 atom stereocenters. The average Bonchev–Trinajstić information content (AvgIpc) is 3.01. The predicted molar refractivity (Wildman–Crippen MR) is 106 cm³/mol. The fourth-order valence-electron chi connectivity index (χ4n) is 3.65. The molecule has 1 aromatic carbocycles. The Bertz CT molecular complexity index is 899. The van der Waals surface area contributed by atoms with E-state index in [1.54, 1.807) is 18.2 Å². The lowest BCUT2D eigenvalue weighted by molar-refractivity contribution is -0.159. The molecular formula is C21H23N3O6. The Morgan fingerprint density at radius 2 is 1.77 bits per heavy atom. The number of hydrogen-bond acceptors (Lipinski definition) is 6. The zero-order valence-corrected chi connectivity index (χ0v) is 16.7. The van der Waals surface area contributed by atoms with Crippen LogP contribution in [0.3, 0.4) is 0 Å². The highest BCUT2D eigenvalue weighted by molar-refractivity contribution is 6.08. The average molecular weight is 413 g/mol. The lowest BCUT2D eigenvalue weighted by Crippen LogP contribution is -2.45. The molecule has 2 N–H and O–H groups in total. The summed E-state index contributed by atoms with van der Waals surface area (Å²) in [6.45, 7) is 0.825. The summed E-state index contributed by atoms with van der Waals surface area (Å²) in [6, 6.07) is 5.16. The Morgan fingerprint density at radius 1 is 1.13 bits per heavy atom. The van der Waals surface area contributed by atoms with Crippen molar-refractivity contribution in [1.29, 1.82) is 0 Å². The zero-order chi connectivity index (χ0) is 21.8. The SMILES string of the molecule is CNC(=O)c1cccc(NC(=O)COC(=O)[C@H](C)N2C(=O)[C@@H]3CC=CC[C@H]3C2=O)c1. The molecule has 30 heavy (non-hydrogen) atoms. The summed E-state index contributed by atoms with van der Waals surface area (Å²) in [5, 5.41) is 5.01. The van der Waals surface area contributed by atoms with Gasteiger partial charge in [0.15, 0.2) is 6.61 Å². The maximum Gasteiger partial charge on any atom is 0.329 e. The van der Waals surface area contributed by atoms with E-state index in [4.69, 9.17) is 4.74 Å². The highest BCUT2D eigenvalue weighted by Gasteiger charge is 2.50. The first-order valence-corrected chi connectivity index (χ1v) is 9.64. The zero-order valence-electron chi connectivity index (χ0n) is 16.7. The van der Waals surface area contributed by atoms with Crippen LogP contribution in [0.2, 0.25) is 0 Å². The van der Waals surface area contributed by atoms with Crippen LogP contribution in [0.4, 0.5) is 5.69 Å². The van der Waals surface area contributed by atoms with Gasteiger partial charge < -0.3 is 15.4 Å². The summed E-state index contributed by atoms with van der Waals surface area (Å²) in [6.07, 6.45) is 4.68. The minimum absolute atomic E-state index is 0.304. The maximum absolute atomic E-state index is 12.5. The number of ether oxygens (including phenoxy) is 1. The molecular weight excluding hydrogens is 390 g/mol. The van der Waals surface area contributed by atoms with Gasteiger partial charge in [-0.25, -0.2) is 4.79 Å². The van der Waals surface area contributed by atoms with Crippen LogP contribution in [0.5, 0.6) is 0 Å². The molecule has 3 rings (SSSR count). The van der Waals surface area contributed by atoms with Crippen LogP contribution in [0.15, 0.2) is 36.4 Å². The summed E-state index contributed by atoms with van der Waals surface area (Å²) in [4.78, 5) is 62.1. The number of nitrogens with one attached hydrogen (secondary N) is 2. The van der Waals surface area contributed by atoms with E-state index in [-0.39, 0.29) is 17.7 Å². The fourth-order valence-corrected chi connectivity index (χ4v) is 3.65. The number of amides is 4. The minimum Gasteiger partial charge on any atom is -0.454 e. The Hall–Kier alpha value is -3.49. The number of esters is 1. The number of hydrogen-bond donors (Lipinski definition) is 2. The Kier molecular flexibility index (Phi) is 6.29. The van der Waals surface area contributed by atoms with Gasteiger partial charge in [0.1, 0.15) is 6.04 Å². The summed E-state index contributed by atoms with van der Waals surface area (Å²) in [5.74, 6) is -3.38. The van der Waals surface area contributed by atoms with E-state index in [9.17, 15) is 24.0 Å². The number of nitrogens with zero attached hydrogens (tertiary/aromatic N) is 1. The molecule has 158 valence electrons. The quantitative estimate of drug-likeness (QED) is 0.405. The highest BCUT2D eigenvalue weighted by atomic mass is 16.5. The Morgan fingerprint density at radius 3 is 2.37 bits per heavy atom. The van der Waals surface area contributed by atoms with Crippen molar-refractivity contribution >= 4 is 35.3 Å². The van der Waals surface area contributed by atoms with Gasteiger partial charge in [0, 0.05) is 18.3 Å². The second-order valence-electron chi connectivity index (χ2n) is 7.19. The summed E-state index contributed by atoms with van der Waals surface area (Å²) >= 11 is 0. The molecule has 1 saturated heterocycles. The van der Waals surface area contributed by atoms with E-state index in [0.717, 1.165) is 4.90 Å². The molecule has 0 unspecified atom stereocenters. The maximum atomic E-state index is 12.5. The topological polar surface area (TPSA) is 122 Å². The second-order valence-corrected chi connectivity index (χ2v) is 7.19. The van der Waals surface area contributed by atoms with Crippen molar-refractivity contribution in [2.45, 2.75) is 25.8 Å². The van der Waals surface area contributed by atoms with Crippen molar-refractivity contribution in [3.8, 4) is 0 Å². The molecule has 1 aliphatic heterocycles. The van der Waals surface area contributed by atoms with Gasteiger partial charge in [0.2, 0.25) is 11.8 Å². The molecule has 1 heterocycles. The summed E-state index contributed by atoms with van der Waals surface area (Å²) in [5.41, 5.74) is 0.731. The smallest absolute Gasteiger partial charge is 0.329 e. The number of benzene rings is 1. The monoisotopic (exact) mass is 413 g/mol. The van der Waals surface area contributed by atoms with Gasteiger partial charge in [0.05, 0.1) is 11.8 Å². The van der Waals surface area contributed by atoms with Crippen molar-refractivity contribution in [3.63, 3.8) is 0 Å². The molecule has 1 fully saturated rings. The van der Waals surface area contributed by atoms with Crippen molar-refractivity contribution < 1.29 is 28.7 Å². The number of fused-ring (bicyclic) bond motifs is 1. The van der Waals surface area contributed by atoms with Crippen molar-refractivity contribution in [2.24, 2.45) is 11.8 Å². The summed E-state index contributed by atoms with van der Waals surface area (Å²) in [7, 11) is 1.50. The number of carbonyl (C=O) groups is 5. The van der Waals surface area contributed by atoms with Crippen LogP contribution in [0.1, 0.15) is 30.1 Å². The van der Waals surface area contributed by atoms with Crippen LogP contribution in [0, 0.1) is 11.8 Å². The number of carbonyl (C=O) groups excluding carboxylic acids is 5. The molecule has 9 heteroatoms. The van der Waals surface area contributed by atoms with Gasteiger partial charge in [-0.3, -0.25) is 24.1 Å². The number of likely N-dealkylation sites (tertiary alicyclic amines) is 1. The number of imide groups is 1. The Balaban J connectivity index is 1.55. The third-order valence-corrected chi connectivity index (χ3v) is 5.25. The largest absolute Gasteiger partial charge is 0.454 e. The first kappa shape index (κ1) is 21.2. The van der Waals surface area contributed by atoms with E-state index in [2.05, 4.69) is 10.6 Å². The molecule has 1 aliphatic carbocycles. The lowest BCUT2D eigenvalue weighted by atomic mass is 9.85. The van der Waals surface area contributed by atoms with Gasteiger partial charge in [-0.05, 0) is 38.0 Å². The van der Waals surface area contributed by atoms with Gasteiger partial charge in [-0.1, -0.05) is 18.2 Å². The van der Waals surface area contributed by atoms with Crippen molar-refractivity contribution in [1.82, 2.24) is 10.2 Å². The highest BCUT2D eigenvalue weighted by Crippen LogP contribution is 2.36. The molecule has 9 nitrogen and oxygen atoms in total.